The number of para-hydroxylation sites is 1. The van der Waals surface area contributed by atoms with Gasteiger partial charge in [0, 0.05) is 25.2 Å². The number of nitrogens with zero attached hydrogens (tertiary/aromatic N) is 1. The zero-order valence-electron chi connectivity index (χ0n) is 13.9. The first-order chi connectivity index (χ1) is 11.0. The van der Waals surface area contributed by atoms with E-state index in [0.717, 1.165) is 17.9 Å². The molecule has 0 aliphatic heterocycles. The highest BCUT2D eigenvalue weighted by atomic mass is 16.5. The van der Waals surface area contributed by atoms with Crippen LogP contribution in [0.15, 0.2) is 67.3 Å². The molecule has 23 heavy (non-hydrogen) atoms. The Morgan fingerprint density at radius 1 is 1.09 bits per heavy atom. The molecule has 3 nitrogen and oxygen atoms in total. The number of rotatable bonds is 8. The van der Waals surface area contributed by atoms with Gasteiger partial charge < -0.3 is 9.84 Å². The molecule has 0 bridgehead atoms. The van der Waals surface area contributed by atoms with Crippen molar-refractivity contribution in [3.8, 4) is 5.75 Å². The quantitative estimate of drug-likeness (QED) is 0.756. The van der Waals surface area contributed by atoms with Gasteiger partial charge in [-0.25, -0.2) is 0 Å². The van der Waals surface area contributed by atoms with Crippen LogP contribution in [0.3, 0.4) is 0 Å². The maximum Gasteiger partial charge on any atom is 0.123 e. The second-order valence-electron chi connectivity index (χ2n) is 6.00. The first kappa shape index (κ1) is 17.3. The van der Waals surface area contributed by atoms with Gasteiger partial charge in [0.2, 0.25) is 0 Å². The van der Waals surface area contributed by atoms with Crippen LogP contribution in [0.4, 0.5) is 0 Å². The first-order valence-electron chi connectivity index (χ1n) is 7.78. The van der Waals surface area contributed by atoms with E-state index in [1.807, 2.05) is 36.4 Å². The molecule has 1 unspecified atom stereocenters. The van der Waals surface area contributed by atoms with E-state index in [1.165, 1.54) is 5.56 Å². The lowest BCUT2D eigenvalue weighted by atomic mass is 10.1. The SMILES string of the molecule is C=CC(C)(O)CN(Cc1ccccc1)Cc1ccccc1OC. The summed E-state index contributed by atoms with van der Waals surface area (Å²) in [5, 5.41) is 10.4. The van der Waals surface area contributed by atoms with E-state index in [2.05, 4.69) is 29.7 Å². The molecule has 0 radical (unpaired) electrons. The Bertz CT molecular complexity index is 623. The van der Waals surface area contributed by atoms with E-state index in [-0.39, 0.29) is 0 Å². The Balaban J connectivity index is 2.20. The normalized spacial score (nSPS) is 13.6. The van der Waals surface area contributed by atoms with Crippen molar-refractivity contribution in [3.63, 3.8) is 0 Å². The summed E-state index contributed by atoms with van der Waals surface area (Å²) in [5.74, 6) is 0.865. The number of hydrogen-bond donors (Lipinski definition) is 1. The average Bonchev–Trinajstić information content (AvgIpc) is 2.56. The van der Waals surface area contributed by atoms with Crippen LogP contribution in [0.2, 0.25) is 0 Å². The zero-order chi connectivity index (χ0) is 16.7. The van der Waals surface area contributed by atoms with E-state index in [4.69, 9.17) is 4.74 Å². The molecule has 0 saturated carbocycles. The minimum Gasteiger partial charge on any atom is -0.496 e. The Kier molecular flexibility index (Phi) is 5.97. The lowest BCUT2D eigenvalue weighted by Gasteiger charge is -2.30. The molecule has 1 N–H and O–H groups in total. The summed E-state index contributed by atoms with van der Waals surface area (Å²) in [7, 11) is 1.68. The van der Waals surface area contributed by atoms with Gasteiger partial charge in [0.1, 0.15) is 5.75 Å². The molecule has 0 aliphatic carbocycles. The molecule has 3 heteroatoms. The maximum absolute atomic E-state index is 10.4. The van der Waals surface area contributed by atoms with E-state index in [0.29, 0.717) is 13.1 Å². The van der Waals surface area contributed by atoms with Crippen molar-refractivity contribution < 1.29 is 9.84 Å². The largest absolute Gasteiger partial charge is 0.496 e. The number of benzene rings is 2. The molecule has 0 spiro atoms. The van der Waals surface area contributed by atoms with Crippen LogP contribution >= 0.6 is 0 Å². The van der Waals surface area contributed by atoms with Crippen molar-refractivity contribution in [2.45, 2.75) is 25.6 Å². The summed E-state index contributed by atoms with van der Waals surface area (Å²) < 4.78 is 5.44. The van der Waals surface area contributed by atoms with Crippen molar-refractivity contribution in [3.05, 3.63) is 78.4 Å². The summed E-state index contributed by atoms with van der Waals surface area (Å²) >= 11 is 0. The lowest BCUT2D eigenvalue weighted by Crippen LogP contribution is -2.38. The van der Waals surface area contributed by atoms with Crippen LogP contribution in [0.25, 0.3) is 0 Å². The maximum atomic E-state index is 10.4. The van der Waals surface area contributed by atoms with Gasteiger partial charge in [-0.15, -0.1) is 6.58 Å². The third kappa shape index (κ3) is 5.23. The zero-order valence-corrected chi connectivity index (χ0v) is 13.9. The molecule has 0 fully saturated rings. The smallest absolute Gasteiger partial charge is 0.123 e. The predicted molar refractivity (Wildman–Crippen MR) is 94.4 cm³/mol. The van der Waals surface area contributed by atoms with Crippen LogP contribution < -0.4 is 4.74 Å². The summed E-state index contributed by atoms with van der Waals surface area (Å²) in [4.78, 5) is 2.20. The van der Waals surface area contributed by atoms with Crippen molar-refractivity contribution >= 4 is 0 Å². The second-order valence-corrected chi connectivity index (χ2v) is 6.00. The molecule has 2 aromatic rings. The minimum atomic E-state index is -0.934. The van der Waals surface area contributed by atoms with Crippen molar-refractivity contribution in [2.75, 3.05) is 13.7 Å². The Morgan fingerprint density at radius 3 is 2.39 bits per heavy atom. The molecular formula is C20H25NO2. The number of ether oxygens (including phenoxy) is 1. The average molecular weight is 311 g/mol. The molecule has 2 rings (SSSR count). The molecule has 2 aromatic carbocycles. The summed E-state index contributed by atoms with van der Waals surface area (Å²) in [6.07, 6.45) is 1.59. The highest BCUT2D eigenvalue weighted by Gasteiger charge is 2.21. The van der Waals surface area contributed by atoms with Gasteiger partial charge in [0.05, 0.1) is 12.7 Å². The van der Waals surface area contributed by atoms with Crippen molar-refractivity contribution in [1.29, 1.82) is 0 Å². The number of methoxy groups -OCH3 is 1. The summed E-state index contributed by atoms with van der Waals surface area (Å²) in [6, 6.07) is 18.2. The van der Waals surface area contributed by atoms with Gasteiger partial charge >= 0.3 is 0 Å². The van der Waals surface area contributed by atoms with Crippen LogP contribution in [0.5, 0.6) is 5.75 Å². The minimum absolute atomic E-state index is 0.503. The van der Waals surface area contributed by atoms with Crippen molar-refractivity contribution in [1.82, 2.24) is 4.90 Å². The third-order valence-corrected chi connectivity index (χ3v) is 3.82. The molecule has 0 aromatic heterocycles. The molecule has 0 heterocycles. The molecule has 1 atom stereocenters. The van der Waals surface area contributed by atoms with Crippen molar-refractivity contribution in [2.24, 2.45) is 0 Å². The highest BCUT2D eigenvalue weighted by Crippen LogP contribution is 2.22. The van der Waals surface area contributed by atoms with E-state index in [1.54, 1.807) is 20.1 Å². The van der Waals surface area contributed by atoms with Gasteiger partial charge in [-0.3, -0.25) is 4.90 Å². The Hall–Kier alpha value is -2.10. The molecule has 0 saturated heterocycles. The van der Waals surface area contributed by atoms with Gasteiger partial charge in [-0.1, -0.05) is 54.6 Å². The predicted octanol–water partition coefficient (Wildman–Crippen LogP) is 3.63. The fourth-order valence-corrected chi connectivity index (χ4v) is 2.60. The van der Waals surface area contributed by atoms with Gasteiger partial charge in [0.15, 0.2) is 0 Å². The molecule has 0 amide bonds. The van der Waals surface area contributed by atoms with E-state index < -0.39 is 5.60 Å². The molecular weight excluding hydrogens is 286 g/mol. The standard InChI is InChI=1S/C20H25NO2/c1-4-20(2,22)16-21(14-17-10-6-5-7-11-17)15-18-12-8-9-13-19(18)23-3/h4-13,22H,1,14-16H2,2-3H3. The molecule has 0 aliphatic rings. The van der Waals surface area contributed by atoms with Gasteiger partial charge in [-0.2, -0.15) is 0 Å². The van der Waals surface area contributed by atoms with E-state index >= 15 is 0 Å². The van der Waals surface area contributed by atoms with Crippen LogP contribution in [0, 0.1) is 0 Å². The van der Waals surface area contributed by atoms with Gasteiger partial charge in [0.25, 0.3) is 0 Å². The Morgan fingerprint density at radius 2 is 1.74 bits per heavy atom. The molecule has 122 valence electrons. The highest BCUT2D eigenvalue weighted by molar-refractivity contribution is 5.33. The number of hydrogen-bond acceptors (Lipinski definition) is 3. The van der Waals surface area contributed by atoms with Crippen LogP contribution in [0.1, 0.15) is 18.1 Å². The van der Waals surface area contributed by atoms with Crippen LogP contribution in [-0.2, 0) is 13.1 Å². The monoisotopic (exact) mass is 311 g/mol. The third-order valence-electron chi connectivity index (χ3n) is 3.82. The Labute approximate surface area is 138 Å². The van der Waals surface area contributed by atoms with Gasteiger partial charge in [-0.05, 0) is 18.6 Å². The first-order valence-corrected chi connectivity index (χ1v) is 7.78. The summed E-state index contributed by atoms with van der Waals surface area (Å²) in [5.41, 5.74) is 1.38. The van der Waals surface area contributed by atoms with Crippen LogP contribution in [-0.4, -0.2) is 29.3 Å². The summed E-state index contributed by atoms with van der Waals surface area (Å²) in [6.45, 7) is 7.46. The van der Waals surface area contributed by atoms with E-state index in [9.17, 15) is 5.11 Å². The lowest BCUT2D eigenvalue weighted by molar-refractivity contribution is 0.0552. The number of aliphatic hydroxyl groups is 1. The fourth-order valence-electron chi connectivity index (χ4n) is 2.60. The topological polar surface area (TPSA) is 32.7 Å². The second kappa shape index (κ2) is 7.95. The fraction of sp³-hybridized carbons (Fsp3) is 0.300.